The molecule has 1 aliphatic carbocycles. The van der Waals surface area contributed by atoms with Gasteiger partial charge in [-0.2, -0.15) is 0 Å². The summed E-state index contributed by atoms with van der Waals surface area (Å²) in [5, 5.41) is 3.19. The number of fused-ring (bicyclic) bond motifs is 1. The standard InChI is InChI=1S/C23H28N2O3/c1-16(19-7-6-17-4-2-3-5-20(17)14-19)24-22(26)18-8-11-25(12-9-18)23(27)21-10-13-28-15-21/h6-7,10,13-16,18H,2-5,8-9,11-12H2,1H3,(H,24,26). The molecule has 1 aliphatic heterocycles. The molecule has 1 unspecified atom stereocenters. The quantitative estimate of drug-likeness (QED) is 0.875. The lowest BCUT2D eigenvalue weighted by molar-refractivity contribution is -0.127. The number of nitrogens with zero attached hydrogens (tertiary/aromatic N) is 1. The number of aryl methyl sites for hydroxylation is 2. The summed E-state index contributed by atoms with van der Waals surface area (Å²) in [4.78, 5) is 26.9. The van der Waals surface area contributed by atoms with Crippen LogP contribution in [0.4, 0.5) is 0 Å². The second-order valence-corrected chi connectivity index (χ2v) is 8.04. The summed E-state index contributed by atoms with van der Waals surface area (Å²) in [6.07, 6.45) is 9.24. The Morgan fingerprint density at radius 2 is 1.86 bits per heavy atom. The van der Waals surface area contributed by atoms with Crippen LogP contribution in [0.25, 0.3) is 0 Å². The van der Waals surface area contributed by atoms with Crippen molar-refractivity contribution < 1.29 is 14.0 Å². The first-order valence-corrected chi connectivity index (χ1v) is 10.4. The third-order valence-corrected chi connectivity index (χ3v) is 6.15. The molecule has 148 valence electrons. The average molecular weight is 380 g/mol. The van der Waals surface area contributed by atoms with Crippen LogP contribution in [0.2, 0.25) is 0 Å². The van der Waals surface area contributed by atoms with Crippen LogP contribution in [0.1, 0.15) is 65.7 Å². The highest BCUT2D eigenvalue weighted by Crippen LogP contribution is 2.26. The number of nitrogens with one attached hydrogen (secondary N) is 1. The van der Waals surface area contributed by atoms with E-state index in [1.54, 1.807) is 6.07 Å². The smallest absolute Gasteiger partial charge is 0.257 e. The minimum atomic E-state index is -0.0338. The molecule has 0 bridgehead atoms. The van der Waals surface area contributed by atoms with Crippen molar-refractivity contribution in [3.63, 3.8) is 0 Å². The Labute approximate surface area is 166 Å². The molecular formula is C23H28N2O3. The van der Waals surface area contributed by atoms with Gasteiger partial charge in [0.15, 0.2) is 0 Å². The fourth-order valence-corrected chi connectivity index (χ4v) is 4.35. The van der Waals surface area contributed by atoms with Crippen LogP contribution in [0.3, 0.4) is 0 Å². The topological polar surface area (TPSA) is 62.6 Å². The summed E-state index contributed by atoms with van der Waals surface area (Å²) < 4.78 is 4.99. The van der Waals surface area contributed by atoms with E-state index < -0.39 is 0 Å². The minimum absolute atomic E-state index is 0.00492. The van der Waals surface area contributed by atoms with E-state index in [-0.39, 0.29) is 23.8 Å². The predicted molar refractivity (Wildman–Crippen MR) is 107 cm³/mol. The number of furan rings is 1. The van der Waals surface area contributed by atoms with E-state index in [4.69, 9.17) is 4.42 Å². The highest BCUT2D eigenvalue weighted by atomic mass is 16.3. The van der Waals surface area contributed by atoms with Crippen molar-refractivity contribution in [2.24, 2.45) is 5.92 Å². The molecular weight excluding hydrogens is 352 g/mol. The molecule has 5 nitrogen and oxygen atoms in total. The maximum Gasteiger partial charge on any atom is 0.257 e. The minimum Gasteiger partial charge on any atom is -0.472 e. The van der Waals surface area contributed by atoms with Crippen molar-refractivity contribution in [2.75, 3.05) is 13.1 Å². The van der Waals surface area contributed by atoms with Gasteiger partial charge in [-0.25, -0.2) is 0 Å². The van der Waals surface area contributed by atoms with Crippen LogP contribution in [0.15, 0.2) is 41.2 Å². The molecule has 5 heteroatoms. The van der Waals surface area contributed by atoms with Crippen LogP contribution in [-0.4, -0.2) is 29.8 Å². The average Bonchev–Trinajstić information content (AvgIpc) is 3.28. The molecule has 2 heterocycles. The van der Waals surface area contributed by atoms with Crippen molar-refractivity contribution in [1.29, 1.82) is 0 Å². The molecule has 0 saturated carbocycles. The van der Waals surface area contributed by atoms with Crippen molar-refractivity contribution in [2.45, 2.75) is 51.5 Å². The number of likely N-dealkylation sites (tertiary alicyclic amines) is 1. The molecule has 2 aliphatic rings. The monoisotopic (exact) mass is 380 g/mol. The zero-order chi connectivity index (χ0) is 19.5. The van der Waals surface area contributed by atoms with Gasteiger partial charge in [-0.1, -0.05) is 18.2 Å². The second kappa shape index (κ2) is 8.21. The lowest BCUT2D eigenvalue weighted by atomic mass is 9.89. The van der Waals surface area contributed by atoms with E-state index in [9.17, 15) is 9.59 Å². The second-order valence-electron chi connectivity index (χ2n) is 8.04. The van der Waals surface area contributed by atoms with Gasteiger partial charge in [0.25, 0.3) is 5.91 Å². The van der Waals surface area contributed by atoms with Gasteiger partial charge in [-0.3, -0.25) is 9.59 Å². The van der Waals surface area contributed by atoms with Crippen LogP contribution >= 0.6 is 0 Å². The summed E-state index contributed by atoms with van der Waals surface area (Å²) in [5.74, 6) is 0.0455. The Bertz CT molecular complexity index is 836. The van der Waals surface area contributed by atoms with Gasteiger partial charge in [-0.05, 0) is 68.2 Å². The molecule has 1 aromatic heterocycles. The van der Waals surface area contributed by atoms with Gasteiger partial charge >= 0.3 is 0 Å². The number of hydrogen-bond acceptors (Lipinski definition) is 3. The van der Waals surface area contributed by atoms with E-state index in [0.29, 0.717) is 31.5 Å². The summed E-state index contributed by atoms with van der Waals surface area (Å²) in [6.45, 7) is 3.27. The van der Waals surface area contributed by atoms with Crippen molar-refractivity contribution in [3.05, 3.63) is 59.0 Å². The van der Waals surface area contributed by atoms with E-state index in [1.165, 1.54) is 48.5 Å². The number of carbonyl (C=O) groups is 2. The Balaban J connectivity index is 1.31. The largest absolute Gasteiger partial charge is 0.472 e. The number of amides is 2. The van der Waals surface area contributed by atoms with Gasteiger partial charge in [0.05, 0.1) is 17.9 Å². The SMILES string of the molecule is CC(NC(=O)C1CCN(C(=O)c2ccoc2)CC1)c1ccc2c(c1)CCCC2. The lowest BCUT2D eigenvalue weighted by Gasteiger charge is -2.31. The van der Waals surface area contributed by atoms with E-state index >= 15 is 0 Å². The molecule has 1 aromatic carbocycles. The molecule has 1 saturated heterocycles. The van der Waals surface area contributed by atoms with Crippen molar-refractivity contribution >= 4 is 11.8 Å². The van der Waals surface area contributed by atoms with Gasteiger partial charge in [0.1, 0.15) is 6.26 Å². The number of hydrogen-bond donors (Lipinski definition) is 1. The summed E-state index contributed by atoms with van der Waals surface area (Å²) in [6, 6.07) is 8.34. The normalized spacial score (nSPS) is 18.4. The number of piperidine rings is 1. The molecule has 2 amide bonds. The van der Waals surface area contributed by atoms with Crippen LogP contribution < -0.4 is 5.32 Å². The Hall–Kier alpha value is -2.56. The van der Waals surface area contributed by atoms with Gasteiger partial charge in [0.2, 0.25) is 5.91 Å². The zero-order valence-electron chi connectivity index (χ0n) is 16.4. The lowest BCUT2D eigenvalue weighted by Crippen LogP contribution is -2.43. The van der Waals surface area contributed by atoms with E-state index in [0.717, 1.165) is 6.42 Å². The molecule has 0 radical (unpaired) electrons. The maximum absolute atomic E-state index is 12.7. The maximum atomic E-state index is 12.7. The molecule has 28 heavy (non-hydrogen) atoms. The Morgan fingerprint density at radius 1 is 1.11 bits per heavy atom. The fraction of sp³-hybridized carbons (Fsp3) is 0.478. The summed E-state index contributed by atoms with van der Waals surface area (Å²) in [5.41, 5.74) is 4.66. The first kappa shape index (κ1) is 18.8. The van der Waals surface area contributed by atoms with E-state index in [2.05, 4.69) is 30.4 Å². The number of rotatable bonds is 4. The molecule has 1 N–H and O–H groups in total. The van der Waals surface area contributed by atoms with Crippen LogP contribution in [-0.2, 0) is 17.6 Å². The highest BCUT2D eigenvalue weighted by Gasteiger charge is 2.29. The van der Waals surface area contributed by atoms with Gasteiger partial charge < -0.3 is 14.6 Å². The Kier molecular flexibility index (Phi) is 5.51. The fourth-order valence-electron chi connectivity index (χ4n) is 4.35. The van der Waals surface area contributed by atoms with Crippen LogP contribution in [0.5, 0.6) is 0 Å². The molecule has 1 atom stereocenters. The summed E-state index contributed by atoms with van der Waals surface area (Å²) in [7, 11) is 0. The van der Waals surface area contributed by atoms with Crippen molar-refractivity contribution in [3.8, 4) is 0 Å². The number of benzene rings is 1. The Morgan fingerprint density at radius 3 is 2.57 bits per heavy atom. The third kappa shape index (κ3) is 3.98. The molecule has 0 spiro atoms. The van der Waals surface area contributed by atoms with Crippen molar-refractivity contribution in [1.82, 2.24) is 10.2 Å². The molecule has 1 fully saturated rings. The zero-order valence-corrected chi connectivity index (χ0v) is 16.4. The molecule has 4 rings (SSSR count). The molecule has 2 aromatic rings. The van der Waals surface area contributed by atoms with Gasteiger partial charge in [0, 0.05) is 19.0 Å². The third-order valence-electron chi connectivity index (χ3n) is 6.15. The highest BCUT2D eigenvalue weighted by molar-refractivity contribution is 5.94. The predicted octanol–water partition coefficient (Wildman–Crippen LogP) is 3.89. The summed E-state index contributed by atoms with van der Waals surface area (Å²) >= 11 is 0. The van der Waals surface area contributed by atoms with E-state index in [1.807, 2.05) is 4.90 Å². The number of carbonyl (C=O) groups excluding carboxylic acids is 2. The first-order chi connectivity index (χ1) is 13.6. The van der Waals surface area contributed by atoms with Gasteiger partial charge in [-0.15, -0.1) is 0 Å². The first-order valence-electron chi connectivity index (χ1n) is 10.4. The van der Waals surface area contributed by atoms with Crippen LogP contribution in [0, 0.1) is 5.92 Å².